The first-order valence-corrected chi connectivity index (χ1v) is 5.64. The normalized spacial score (nSPS) is 10.2. The molecule has 0 unspecified atom stereocenters. The Labute approximate surface area is 109 Å². The van der Waals surface area contributed by atoms with Crippen molar-refractivity contribution in [2.45, 2.75) is 6.42 Å². The van der Waals surface area contributed by atoms with Crippen LogP contribution in [0.4, 0.5) is 0 Å². The second kappa shape index (κ2) is 5.90. The molecule has 0 aliphatic rings. The number of carboxylic acids is 1. The van der Waals surface area contributed by atoms with Crippen molar-refractivity contribution >= 4 is 5.97 Å². The predicted octanol–water partition coefficient (Wildman–Crippen LogP) is 2.00. The summed E-state index contributed by atoms with van der Waals surface area (Å²) in [4.78, 5) is 14.5. The van der Waals surface area contributed by atoms with Gasteiger partial charge in [0.15, 0.2) is 23.6 Å². The zero-order valence-corrected chi connectivity index (χ0v) is 10.3. The van der Waals surface area contributed by atoms with E-state index in [9.17, 15) is 4.79 Å². The van der Waals surface area contributed by atoms with Crippen molar-refractivity contribution in [3.63, 3.8) is 0 Å². The number of hydrogen-bond donors (Lipinski definition) is 1. The SMILES string of the molecule is COc1ccccc1OCCc1ocnc1C(=O)O. The molecule has 1 aromatic heterocycles. The van der Waals surface area contributed by atoms with Crippen molar-refractivity contribution in [1.82, 2.24) is 4.98 Å². The number of carboxylic acid groups (broad SMARTS) is 1. The van der Waals surface area contributed by atoms with E-state index < -0.39 is 5.97 Å². The molecule has 2 rings (SSSR count). The predicted molar refractivity (Wildman–Crippen MR) is 65.7 cm³/mol. The molecule has 2 aromatic rings. The minimum atomic E-state index is -1.11. The summed E-state index contributed by atoms with van der Waals surface area (Å²) >= 11 is 0. The monoisotopic (exact) mass is 263 g/mol. The molecule has 0 fully saturated rings. The van der Waals surface area contributed by atoms with Crippen LogP contribution in [0.25, 0.3) is 0 Å². The van der Waals surface area contributed by atoms with Crippen LogP contribution in [-0.2, 0) is 6.42 Å². The maximum Gasteiger partial charge on any atom is 0.358 e. The molecule has 0 aliphatic carbocycles. The van der Waals surface area contributed by atoms with Gasteiger partial charge in [-0.25, -0.2) is 9.78 Å². The summed E-state index contributed by atoms with van der Waals surface area (Å²) in [7, 11) is 1.56. The highest BCUT2D eigenvalue weighted by Crippen LogP contribution is 2.25. The second-order valence-electron chi connectivity index (χ2n) is 3.68. The van der Waals surface area contributed by atoms with Crippen molar-refractivity contribution in [3.8, 4) is 11.5 Å². The van der Waals surface area contributed by atoms with E-state index in [-0.39, 0.29) is 12.3 Å². The smallest absolute Gasteiger partial charge is 0.358 e. The van der Waals surface area contributed by atoms with Crippen molar-refractivity contribution < 1.29 is 23.8 Å². The van der Waals surface area contributed by atoms with Gasteiger partial charge in [-0.2, -0.15) is 0 Å². The summed E-state index contributed by atoms with van der Waals surface area (Å²) in [5.74, 6) is 0.406. The number of rotatable bonds is 6. The Morgan fingerprint density at radius 1 is 1.37 bits per heavy atom. The van der Waals surface area contributed by atoms with Gasteiger partial charge in [0, 0.05) is 6.42 Å². The van der Waals surface area contributed by atoms with Crippen LogP contribution in [0.5, 0.6) is 11.5 Å². The van der Waals surface area contributed by atoms with Crippen LogP contribution in [0.3, 0.4) is 0 Å². The van der Waals surface area contributed by atoms with Crippen LogP contribution in [0.1, 0.15) is 16.2 Å². The molecule has 0 atom stereocenters. The first-order chi connectivity index (χ1) is 9.22. The Hall–Kier alpha value is -2.50. The largest absolute Gasteiger partial charge is 0.493 e. The molecular weight excluding hydrogens is 250 g/mol. The Morgan fingerprint density at radius 3 is 2.79 bits per heavy atom. The van der Waals surface area contributed by atoms with Crippen LogP contribution < -0.4 is 9.47 Å². The van der Waals surface area contributed by atoms with E-state index in [2.05, 4.69) is 4.98 Å². The molecule has 1 heterocycles. The molecular formula is C13H13NO5. The lowest BCUT2D eigenvalue weighted by Gasteiger charge is -2.09. The standard InChI is InChI=1S/C13H13NO5/c1-17-9-4-2-3-5-10(9)18-7-6-11-12(13(15)16)14-8-19-11/h2-5,8H,6-7H2,1H3,(H,15,16). The molecule has 6 heteroatoms. The fourth-order valence-corrected chi connectivity index (χ4v) is 1.61. The van der Waals surface area contributed by atoms with Crippen molar-refractivity contribution in [3.05, 3.63) is 42.1 Å². The van der Waals surface area contributed by atoms with Gasteiger partial charge in [-0.3, -0.25) is 0 Å². The number of carbonyl (C=O) groups is 1. The zero-order valence-electron chi connectivity index (χ0n) is 10.3. The van der Waals surface area contributed by atoms with Gasteiger partial charge in [0.1, 0.15) is 5.76 Å². The first kappa shape index (κ1) is 12.9. The van der Waals surface area contributed by atoms with Gasteiger partial charge in [-0.05, 0) is 12.1 Å². The van der Waals surface area contributed by atoms with E-state index in [0.717, 1.165) is 6.39 Å². The highest BCUT2D eigenvalue weighted by Gasteiger charge is 2.15. The highest BCUT2D eigenvalue weighted by molar-refractivity contribution is 5.86. The minimum Gasteiger partial charge on any atom is -0.493 e. The molecule has 6 nitrogen and oxygen atoms in total. The maximum atomic E-state index is 10.8. The highest BCUT2D eigenvalue weighted by atomic mass is 16.5. The topological polar surface area (TPSA) is 81.8 Å². The number of aromatic carboxylic acids is 1. The van der Waals surface area contributed by atoms with E-state index >= 15 is 0 Å². The van der Waals surface area contributed by atoms with Crippen molar-refractivity contribution in [2.75, 3.05) is 13.7 Å². The summed E-state index contributed by atoms with van der Waals surface area (Å²) in [6.45, 7) is 0.274. The molecule has 0 aliphatic heterocycles. The number of oxazole rings is 1. The van der Waals surface area contributed by atoms with Crippen LogP contribution in [-0.4, -0.2) is 29.8 Å². The Balaban J connectivity index is 1.96. The molecule has 0 bridgehead atoms. The summed E-state index contributed by atoms with van der Waals surface area (Å²) in [5, 5.41) is 8.87. The molecule has 1 N–H and O–H groups in total. The quantitative estimate of drug-likeness (QED) is 0.858. The Kier molecular flexibility index (Phi) is 4.02. The number of para-hydroxylation sites is 2. The summed E-state index contributed by atoms with van der Waals surface area (Å²) < 4.78 is 15.7. The van der Waals surface area contributed by atoms with Crippen LogP contribution >= 0.6 is 0 Å². The third kappa shape index (κ3) is 3.04. The number of nitrogens with zero attached hydrogens (tertiary/aromatic N) is 1. The lowest BCUT2D eigenvalue weighted by Crippen LogP contribution is -2.06. The van der Waals surface area contributed by atoms with E-state index in [0.29, 0.717) is 23.7 Å². The van der Waals surface area contributed by atoms with Gasteiger partial charge in [-0.15, -0.1) is 0 Å². The van der Waals surface area contributed by atoms with Gasteiger partial charge in [0.25, 0.3) is 0 Å². The van der Waals surface area contributed by atoms with Gasteiger partial charge in [0.05, 0.1) is 13.7 Å². The molecule has 0 spiro atoms. The number of benzene rings is 1. The number of methoxy groups -OCH3 is 1. The van der Waals surface area contributed by atoms with Gasteiger partial charge < -0.3 is 19.0 Å². The molecule has 0 radical (unpaired) electrons. The van der Waals surface area contributed by atoms with Gasteiger partial charge >= 0.3 is 5.97 Å². The zero-order chi connectivity index (χ0) is 13.7. The van der Waals surface area contributed by atoms with E-state index in [4.69, 9.17) is 19.0 Å². The van der Waals surface area contributed by atoms with Gasteiger partial charge in [-0.1, -0.05) is 12.1 Å². The minimum absolute atomic E-state index is 0.0800. The van der Waals surface area contributed by atoms with Crippen LogP contribution in [0, 0.1) is 0 Å². The molecule has 19 heavy (non-hydrogen) atoms. The molecule has 100 valence electrons. The van der Waals surface area contributed by atoms with E-state index in [1.165, 1.54) is 0 Å². The van der Waals surface area contributed by atoms with Gasteiger partial charge in [0.2, 0.25) is 0 Å². The van der Waals surface area contributed by atoms with E-state index in [1.807, 2.05) is 12.1 Å². The Bertz CT molecular complexity index is 564. The fraction of sp³-hybridized carbons (Fsp3) is 0.231. The Morgan fingerprint density at radius 2 is 2.11 bits per heavy atom. The summed E-state index contributed by atoms with van der Waals surface area (Å²) in [6.07, 6.45) is 1.43. The summed E-state index contributed by atoms with van der Waals surface area (Å²) in [6, 6.07) is 7.23. The van der Waals surface area contributed by atoms with E-state index in [1.54, 1.807) is 19.2 Å². The third-order valence-corrected chi connectivity index (χ3v) is 2.50. The molecule has 0 amide bonds. The average molecular weight is 263 g/mol. The maximum absolute atomic E-state index is 10.8. The lowest BCUT2D eigenvalue weighted by atomic mass is 10.2. The molecule has 0 saturated carbocycles. The van der Waals surface area contributed by atoms with Crippen LogP contribution in [0.15, 0.2) is 35.1 Å². The molecule has 0 saturated heterocycles. The number of aromatic nitrogens is 1. The van der Waals surface area contributed by atoms with Crippen molar-refractivity contribution in [1.29, 1.82) is 0 Å². The first-order valence-electron chi connectivity index (χ1n) is 5.64. The number of ether oxygens (including phenoxy) is 2. The molecule has 1 aromatic carbocycles. The third-order valence-electron chi connectivity index (χ3n) is 2.50. The average Bonchev–Trinajstić information content (AvgIpc) is 2.88. The lowest BCUT2D eigenvalue weighted by molar-refractivity contribution is 0.0688. The second-order valence-corrected chi connectivity index (χ2v) is 3.68. The fourth-order valence-electron chi connectivity index (χ4n) is 1.61. The summed E-state index contributed by atoms with van der Waals surface area (Å²) in [5.41, 5.74) is -0.0800. The van der Waals surface area contributed by atoms with Crippen LogP contribution in [0.2, 0.25) is 0 Å². The number of hydrogen-bond acceptors (Lipinski definition) is 5. The van der Waals surface area contributed by atoms with Crippen molar-refractivity contribution in [2.24, 2.45) is 0 Å².